The molecule has 1 aliphatic rings. The Morgan fingerprint density at radius 3 is 3.08 bits per heavy atom. The van der Waals surface area contributed by atoms with E-state index < -0.39 is 0 Å². The molecule has 0 aromatic rings. The van der Waals surface area contributed by atoms with Crippen molar-refractivity contribution < 1.29 is 4.79 Å². The van der Waals surface area contributed by atoms with Gasteiger partial charge in [0.05, 0.1) is 5.75 Å². The Morgan fingerprint density at radius 2 is 2.58 bits per heavy atom. The van der Waals surface area contributed by atoms with E-state index in [0.717, 1.165) is 12.8 Å². The summed E-state index contributed by atoms with van der Waals surface area (Å²) in [7, 11) is 0. The summed E-state index contributed by atoms with van der Waals surface area (Å²) in [5.41, 5.74) is 0. The number of amides is 1. The number of carbonyl (C=O) groups excluding carboxylic acids is 1. The molecular weight excluding hydrogens is 192 g/mol. The normalized spacial score (nSPS) is 18.2. The van der Waals surface area contributed by atoms with Crippen LogP contribution in [0.5, 0.6) is 0 Å². The second kappa shape index (κ2) is 4.57. The van der Waals surface area contributed by atoms with Gasteiger partial charge in [0.2, 0.25) is 0 Å². The van der Waals surface area contributed by atoms with Crippen molar-refractivity contribution in [1.29, 1.82) is 0 Å². The predicted octanol–water partition coefficient (Wildman–Crippen LogP) is 1.63. The maximum Gasteiger partial charge on any atom is 0.259 e. The lowest BCUT2D eigenvalue weighted by Gasteiger charge is -2.05. The van der Waals surface area contributed by atoms with Gasteiger partial charge < -0.3 is 0 Å². The molecule has 3 nitrogen and oxygen atoms in total. The first-order valence-electron chi connectivity index (χ1n) is 3.78. The van der Waals surface area contributed by atoms with E-state index in [0.29, 0.717) is 10.1 Å². The first-order valence-corrected chi connectivity index (χ1v) is 5.17. The van der Waals surface area contributed by atoms with E-state index in [1.165, 1.54) is 16.8 Å². The molecular formula is C7H10N2OS2. The van der Waals surface area contributed by atoms with Crippen LogP contribution in [0, 0.1) is 0 Å². The zero-order valence-electron chi connectivity index (χ0n) is 6.82. The molecule has 0 aliphatic carbocycles. The number of unbranched alkanes of at least 4 members (excludes halogenated alkanes) is 1. The molecule has 0 atom stereocenters. The van der Waals surface area contributed by atoms with Crippen molar-refractivity contribution in [1.82, 2.24) is 5.01 Å². The van der Waals surface area contributed by atoms with Crippen LogP contribution in [-0.2, 0) is 4.79 Å². The number of thiocarbonyl (C=S) groups is 1. The van der Waals surface area contributed by atoms with Gasteiger partial charge in [-0.25, -0.2) is 0 Å². The molecule has 0 spiro atoms. The van der Waals surface area contributed by atoms with Gasteiger partial charge in [0, 0.05) is 6.21 Å². The fourth-order valence-corrected chi connectivity index (χ4v) is 1.69. The maximum atomic E-state index is 11.1. The number of hydrogen-bond donors (Lipinski definition) is 0. The third kappa shape index (κ3) is 2.28. The van der Waals surface area contributed by atoms with Crippen LogP contribution in [0.2, 0.25) is 0 Å². The Labute approximate surface area is 81.2 Å². The van der Waals surface area contributed by atoms with Gasteiger partial charge in [0.15, 0.2) is 4.32 Å². The second-order valence-corrected chi connectivity index (χ2v) is 3.96. The quantitative estimate of drug-likeness (QED) is 0.515. The fourth-order valence-electron chi connectivity index (χ4n) is 0.728. The predicted molar refractivity (Wildman–Crippen MR) is 55.3 cm³/mol. The van der Waals surface area contributed by atoms with Crippen LogP contribution in [0.25, 0.3) is 0 Å². The molecule has 0 saturated carbocycles. The SMILES string of the molecule is CCCC=NN1C(=O)CSC1=S. The van der Waals surface area contributed by atoms with E-state index in [4.69, 9.17) is 12.2 Å². The highest BCUT2D eigenvalue weighted by Crippen LogP contribution is 2.18. The standard InChI is InChI=1S/C7H10N2OS2/c1-2-3-4-8-9-6(10)5-12-7(9)11/h4H,2-3,5H2,1H3. The minimum absolute atomic E-state index is 0.0163. The van der Waals surface area contributed by atoms with Crippen LogP contribution >= 0.6 is 24.0 Å². The van der Waals surface area contributed by atoms with Gasteiger partial charge in [-0.15, -0.1) is 0 Å². The molecule has 0 unspecified atom stereocenters. The van der Waals surface area contributed by atoms with Gasteiger partial charge >= 0.3 is 0 Å². The van der Waals surface area contributed by atoms with Crippen LogP contribution < -0.4 is 0 Å². The molecule has 0 bridgehead atoms. The number of thioether (sulfide) groups is 1. The number of hydrazone groups is 1. The first-order chi connectivity index (χ1) is 5.75. The van der Waals surface area contributed by atoms with Crippen molar-refractivity contribution in [2.24, 2.45) is 5.10 Å². The average Bonchev–Trinajstić information content (AvgIpc) is 2.35. The summed E-state index contributed by atoms with van der Waals surface area (Å²) in [5.74, 6) is 0.416. The highest BCUT2D eigenvalue weighted by Gasteiger charge is 2.25. The van der Waals surface area contributed by atoms with E-state index in [1.54, 1.807) is 6.21 Å². The van der Waals surface area contributed by atoms with Crippen molar-refractivity contribution in [3.8, 4) is 0 Å². The first kappa shape index (κ1) is 9.67. The van der Waals surface area contributed by atoms with Crippen LogP contribution in [0.15, 0.2) is 5.10 Å². The van der Waals surface area contributed by atoms with Gasteiger partial charge in [-0.1, -0.05) is 37.3 Å². The molecule has 1 heterocycles. The Kier molecular flexibility index (Phi) is 3.68. The lowest BCUT2D eigenvalue weighted by Crippen LogP contribution is -2.22. The van der Waals surface area contributed by atoms with Gasteiger partial charge in [-0.05, 0) is 6.42 Å². The molecule has 12 heavy (non-hydrogen) atoms. The molecule has 0 radical (unpaired) electrons. The van der Waals surface area contributed by atoms with Crippen LogP contribution in [-0.4, -0.2) is 27.2 Å². The zero-order chi connectivity index (χ0) is 8.97. The van der Waals surface area contributed by atoms with Crippen molar-refractivity contribution in [2.75, 3.05) is 5.75 Å². The summed E-state index contributed by atoms with van der Waals surface area (Å²) in [6.07, 6.45) is 3.65. The van der Waals surface area contributed by atoms with Crippen LogP contribution in [0.4, 0.5) is 0 Å². The molecule has 66 valence electrons. The Balaban J connectivity index is 2.50. The summed E-state index contributed by atoms with van der Waals surface area (Å²) in [6.45, 7) is 2.06. The average molecular weight is 202 g/mol. The zero-order valence-corrected chi connectivity index (χ0v) is 8.45. The Hall–Kier alpha value is -0.420. The van der Waals surface area contributed by atoms with Gasteiger partial charge in [-0.3, -0.25) is 4.79 Å². The van der Waals surface area contributed by atoms with Gasteiger partial charge in [0.1, 0.15) is 0 Å². The molecule has 5 heteroatoms. The van der Waals surface area contributed by atoms with Crippen LogP contribution in [0.1, 0.15) is 19.8 Å². The third-order valence-electron chi connectivity index (χ3n) is 1.34. The van der Waals surface area contributed by atoms with E-state index >= 15 is 0 Å². The highest BCUT2D eigenvalue weighted by molar-refractivity contribution is 8.23. The largest absolute Gasteiger partial charge is 0.272 e. The van der Waals surface area contributed by atoms with Crippen LogP contribution in [0.3, 0.4) is 0 Å². The molecule has 0 N–H and O–H groups in total. The maximum absolute atomic E-state index is 11.1. The molecule has 1 rings (SSSR count). The van der Waals surface area contributed by atoms with E-state index in [9.17, 15) is 4.79 Å². The van der Waals surface area contributed by atoms with E-state index in [1.807, 2.05) is 0 Å². The lowest BCUT2D eigenvalue weighted by atomic mass is 10.4. The molecule has 1 amide bonds. The number of carbonyl (C=O) groups is 1. The summed E-state index contributed by atoms with van der Waals surface area (Å²) in [4.78, 5) is 11.1. The Morgan fingerprint density at radius 1 is 1.83 bits per heavy atom. The summed E-state index contributed by atoms with van der Waals surface area (Å²) in [6, 6.07) is 0. The Bertz CT molecular complexity index is 211. The minimum atomic E-state index is -0.0163. The van der Waals surface area contributed by atoms with Crippen molar-refractivity contribution in [3.63, 3.8) is 0 Å². The van der Waals surface area contributed by atoms with Crippen molar-refractivity contribution in [2.45, 2.75) is 19.8 Å². The topological polar surface area (TPSA) is 32.7 Å². The van der Waals surface area contributed by atoms with Gasteiger partial charge in [-0.2, -0.15) is 10.1 Å². The monoisotopic (exact) mass is 202 g/mol. The molecule has 1 saturated heterocycles. The van der Waals surface area contributed by atoms with Gasteiger partial charge in [0.25, 0.3) is 5.91 Å². The summed E-state index contributed by atoms with van der Waals surface area (Å²) >= 11 is 6.29. The number of rotatable bonds is 3. The molecule has 0 aromatic carbocycles. The highest BCUT2D eigenvalue weighted by atomic mass is 32.2. The smallest absolute Gasteiger partial charge is 0.259 e. The molecule has 1 fully saturated rings. The number of nitrogens with zero attached hydrogens (tertiary/aromatic N) is 2. The second-order valence-electron chi connectivity index (χ2n) is 2.35. The van der Waals surface area contributed by atoms with E-state index in [-0.39, 0.29) is 5.91 Å². The fraction of sp³-hybridized carbons (Fsp3) is 0.571. The number of hydrogen-bond acceptors (Lipinski definition) is 4. The summed E-state index contributed by atoms with van der Waals surface area (Å²) < 4.78 is 0.562. The van der Waals surface area contributed by atoms with Crippen molar-refractivity contribution in [3.05, 3.63) is 0 Å². The molecule has 1 aliphatic heterocycles. The third-order valence-corrected chi connectivity index (χ3v) is 2.68. The minimum Gasteiger partial charge on any atom is -0.272 e. The van der Waals surface area contributed by atoms with E-state index in [2.05, 4.69) is 12.0 Å². The molecule has 0 aromatic heterocycles. The van der Waals surface area contributed by atoms with Crippen molar-refractivity contribution >= 4 is 40.4 Å². The summed E-state index contributed by atoms with van der Waals surface area (Å²) in [5, 5.41) is 5.27. The lowest BCUT2D eigenvalue weighted by molar-refractivity contribution is -0.124.